The minimum absolute atomic E-state index is 0.140. The molecule has 8 nitrogen and oxygen atoms in total. The number of benzene rings is 1. The number of amides is 1. The molecule has 0 spiro atoms. The fraction of sp³-hybridized carbons (Fsp3) is 0.167. The van der Waals surface area contributed by atoms with Crippen LogP contribution in [0, 0.1) is 6.92 Å². The molecule has 0 bridgehead atoms. The molecule has 0 fully saturated rings. The minimum atomic E-state index is -0.140. The summed E-state index contributed by atoms with van der Waals surface area (Å²) < 4.78 is 10.2. The van der Waals surface area contributed by atoms with Gasteiger partial charge in [-0.05, 0) is 37.3 Å². The summed E-state index contributed by atoms with van der Waals surface area (Å²) in [6.45, 7) is 2.87. The number of hydrogen-bond donors (Lipinski definition) is 2. The first-order valence-electron chi connectivity index (χ1n) is 8.42. The van der Waals surface area contributed by atoms with Crippen LogP contribution in [0.1, 0.15) is 16.2 Å². The lowest BCUT2D eigenvalue weighted by Gasteiger charge is -2.10. The first-order valence-corrected chi connectivity index (χ1v) is 9.15. The molecule has 4 rings (SSSR count). The Morgan fingerprint density at radius 1 is 1.07 bits per heavy atom. The third kappa shape index (κ3) is 3.93. The molecule has 27 heavy (non-hydrogen) atoms. The highest BCUT2D eigenvalue weighted by Crippen LogP contribution is 2.13. The lowest BCUT2D eigenvalue weighted by atomic mass is 10.2. The van der Waals surface area contributed by atoms with Crippen molar-refractivity contribution in [2.75, 3.05) is 18.4 Å². The van der Waals surface area contributed by atoms with Crippen molar-refractivity contribution in [1.82, 2.24) is 28.6 Å². The normalized spacial score (nSPS) is 10.9. The Morgan fingerprint density at radius 3 is 2.74 bits per heavy atom. The minimum Gasteiger partial charge on any atom is -0.368 e. The van der Waals surface area contributed by atoms with Crippen LogP contribution < -0.4 is 10.6 Å². The van der Waals surface area contributed by atoms with Gasteiger partial charge in [-0.25, -0.2) is 9.97 Å². The highest BCUT2D eigenvalue weighted by molar-refractivity contribution is 7.00. The van der Waals surface area contributed by atoms with Crippen LogP contribution in [0.25, 0.3) is 16.9 Å². The SMILES string of the molecule is Cc1nc(NCCNC(=O)c2ccc3nsnc3c2)cc(-n2cccc2)n1. The van der Waals surface area contributed by atoms with Gasteiger partial charge >= 0.3 is 0 Å². The van der Waals surface area contributed by atoms with Crippen molar-refractivity contribution in [3.05, 3.63) is 60.2 Å². The molecule has 136 valence electrons. The van der Waals surface area contributed by atoms with Crippen molar-refractivity contribution >= 4 is 34.5 Å². The van der Waals surface area contributed by atoms with Gasteiger partial charge in [-0.1, -0.05) is 0 Å². The molecule has 0 aliphatic heterocycles. The second-order valence-electron chi connectivity index (χ2n) is 5.90. The van der Waals surface area contributed by atoms with Crippen LogP contribution in [0.3, 0.4) is 0 Å². The molecule has 9 heteroatoms. The smallest absolute Gasteiger partial charge is 0.251 e. The lowest BCUT2D eigenvalue weighted by Crippen LogP contribution is -2.29. The van der Waals surface area contributed by atoms with Gasteiger partial charge in [-0.2, -0.15) is 8.75 Å². The van der Waals surface area contributed by atoms with Gasteiger partial charge in [-0.15, -0.1) is 0 Å². The van der Waals surface area contributed by atoms with Gasteiger partial charge in [-0.3, -0.25) is 4.79 Å². The van der Waals surface area contributed by atoms with E-state index in [4.69, 9.17) is 0 Å². The molecule has 0 aliphatic carbocycles. The summed E-state index contributed by atoms with van der Waals surface area (Å²) in [6, 6.07) is 11.1. The molecule has 0 saturated heterocycles. The van der Waals surface area contributed by atoms with E-state index < -0.39 is 0 Å². The van der Waals surface area contributed by atoms with Crippen molar-refractivity contribution in [1.29, 1.82) is 0 Å². The molecule has 3 heterocycles. The van der Waals surface area contributed by atoms with E-state index in [9.17, 15) is 4.79 Å². The summed E-state index contributed by atoms with van der Waals surface area (Å²) in [7, 11) is 0. The van der Waals surface area contributed by atoms with Gasteiger partial charge in [0.05, 0.1) is 11.7 Å². The Hall–Kier alpha value is -3.33. The van der Waals surface area contributed by atoms with Gasteiger partial charge in [0.15, 0.2) is 0 Å². The summed E-state index contributed by atoms with van der Waals surface area (Å²) in [5.74, 6) is 2.05. The second-order valence-corrected chi connectivity index (χ2v) is 6.43. The van der Waals surface area contributed by atoms with E-state index in [0.29, 0.717) is 24.5 Å². The number of aromatic nitrogens is 5. The fourth-order valence-electron chi connectivity index (χ4n) is 2.65. The van der Waals surface area contributed by atoms with E-state index in [-0.39, 0.29) is 5.91 Å². The molecular formula is C18H17N7OS. The number of nitrogens with zero attached hydrogens (tertiary/aromatic N) is 5. The van der Waals surface area contributed by atoms with Gasteiger partial charge in [0.25, 0.3) is 5.91 Å². The van der Waals surface area contributed by atoms with E-state index >= 15 is 0 Å². The van der Waals surface area contributed by atoms with Crippen LogP contribution in [0.4, 0.5) is 5.82 Å². The molecule has 0 atom stereocenters. The summed E-state index contributed by atoms with van der Waals surface area (Å²) in [5.41, 5.74) is 2.11. The highest BCUT2D eigenvalue weighted by Gasteiger charge is 2.08. The molecule has 3 aromatic heterocycles. The molecule has 0 aliphatic rings. The predicted molar refractivity (Wildman–Crippen MR) is 104 cm³/mol. The van der Waals surface area contributed by atoms with Crippen molar-refractivity contribution in [2.24, 2.45) is 0 Å². The Balaban J connectivity index is 1.34. The van der Waals surface area contributed by atoms with Crippen LogP contribution >= 0.6 is 11.7 Å². The van der Waals surface area contributed by atoms with E-state index in [1.54, 1.807) is 18.2 Å². The number of rotatable bonds is 6. The zero-order valence-corrected chi connectivity index (χ0v) is 15.4. The van der Waals surface area contributed by atoms with Crippen molar-refractivity contribution < 1.29 is 4.79 Å². The molecule has 0 radical (unpaired) electrons. The van der Waals surface area contributed by atoms with Gasteiger partial charge < -0.3 is 15.2 Å². The molecule has 0 unspecified atom stereocenters. The number of nitrogens with one attached hydrogen (secondary N) is 2. The molecular weight excluding hydrogens is 362 g/mol. The summed E-state index contributed by atoms with van der Waals surface area (Å²) in [4.78, 5) is 21.1. The largest absolute Gasteiger partial charge is 0.368 e. The second kappa shape index (κ2) is 7.50. The number of carbonyl (C=O) groups excluding carboxylic acids is 1. The fourth-order valence-corrected chi connectivity index (χ4v) is 3.17. The molecule has 4 aromatic rings. The summed E-state index contributed by atoms with van der Waals surface area (Å²) >= 11 is 1.14. The monoisotopic (exact) mass is 379 g/mol. The van der Waals surface area contributed by atoms with Crippen LogP contribution in [-0.4, -0.2) is 42.3 Å². The van der Waals surface area contributed by atoms with Crippen LogP contribution in [0.15, 0.2) is 48.8 Å². The summed E-state index contributed by atoms with van der Waals surface area (Å²) in [6.07, 6.45) is 3.86. The van der Waals surface area contributed by atoms with Crippen LogP contribution in [0.5, 0.6) is 0 Å². The number of carbonyl (C=O) groups is 1. The van der Waals surface area contributed by atoms with Gasteiger partial charge in [0.2, 0.25) is 0 Å². The maximum atomic E-state index is 12.3. The van der Waals surface area contributed by atoms with E-state index in [1.165, 1.54) is 0 Å². The first-order chi connectivity index (χ1) is 13.2. The topological polar surface area (TPSA) is 97.6 Å². The van der Waals surface area contributed by atoms with Crippen LogP contribution in [0.2, 0.25) is 0 Å². The Kier molecular flexibility index (Phi) is 4.75. The number of anilines is 1. The summed E-state index contributed by atoms with van der Waals surface area (Å²) in [5, 5.41) is 6.11. The maximum absolute atomic E-state index is 12.3. The number of fused-ring (bicyclic) bond motifs is 1. The standard InChI is InChI=1S/C18H17N7OS/c1-12-21-16(11-17(22-12)25-8-2-3-9-25)19-6-7-20-18(26)13-4-5-14-15(10-13)24-27-23-14/h2-5,8-11H,6-7H2,1H3,(H,20,26)(H,19,21,22). The molecule has 1 aromatic carbocycles. The lowest BCUT2D eigenvalue weighted by molar-refractivity contribution is 0.0955. The Labute approximate surface area is 159 Å². The van der Waals surface area contributed by atoms with Gasteiger partial charge in [0.1, 0.15) is 28.5 Å². The van der Waals surface area contributed by atoms with Crippen LogP contribution in [-0.2, 0) is 0 Å². The number of aryl methyl sites for hydroxylation is 1. The third-order valence-corrected chi connectivity index (χ3v) is 4.48. The molecule has 2 N–H and O–H groups in total. The first kappa shape index (κ1) is 17.1. The zero-order chi connectivity index (χ0) is 18.6. The van der Waals surface area contributed by atoms with Gasteiger partial charge in [0, 0.05) is 37.1 Å². The average molecular weight is 379 g/mol. The van der Waals surface area contributed by atoms with Crippen molar-refractivity contribution in [3.63, 3.8) is 0 Å². The highest BCUT2D eigenvalue weighted by atomic mass is 32.1. The molecule has 1 amide bonds. The van der Waals surface area contributed by atoms with Crippen molar-refractivity contribution in [2.45, 2.75) is 6.92 Å². The predicted octanol–water partition coefficient (Wildman–Crippen LogP) is 2.42. The van der Waals surface area contributed by atoms with E-state index in [1.807, 2.05) is 42.1 Å². The van der Waals surface area contributed by atoms with E-state index in [0.717, 1.165) is 34.4 Å². The average Bonchev–Trinajstić information content (AvgIpc) is 3.35. The Bertz CT molecular complexity index is 1070. The zero-order valence-electron chi connectivity index (χ0n) is 14.6. The quantitative estimate of drug-likeness (QED) is 0.499. The molecule has 0 saturated carbocycles. The Morgan fingerprint density at radius 2 is 1.89 bits per heavy atom. The van der Waals surface area contributed by atoms with E-state index in [2.05, 4.69) is 29.3 Å². The van der Waals surface area contributed by atoms with Crippen molar-refractivity contribution in [3.8, 4) is 5.82 Å². The third-order valence-electron chi connectivity index (χ3n) is 3.93. The maximum Gasteiger partial charge on any atom is 0.251 e. The number of hydrogen-bond acceptors (Lipinski definition) is 7.